The number of thiophene rings is 1. The summed E-state index contributed by atoms with van der Waals surface area (Å²) in [5, 5.41) is 6.60. The zero-order chi connectivity index (χ0) is 19.1. The number of morpholine rings is 1. The van der Waals surface area contributed by atoms with Gasteiger partial charge < -0.3 is 19.7 Å². The number of ether oxygens (including phenoxy) is 2. The smallest absolute Gasteiger partial charge is 0.331 e. The molecule has 1 aromatic carbocycles. The molecule has 1 amide bonds. The first-order valence-electron chi connectivity index (χ1n) is 8.76. The van der Waals surface area contributed by atoms with E-state index in [4.69, 9.17) is 9.47 Å². The molecule has 1 aromatic heterocycles. The number of rotatable bonds is 6. The van der Waals surface area contributed by atoms with Crippen LogP contribution in [0.1, 0.15) is 12.5 Å². The van der Waals surface area contributed by atoms with Crippen molar-refractivity contribution in [3.8, 4) is 0 Å². The molecule has 0 radical (unpaired) electrons. The van der Waals surface area contributed by atoms with Crippen LogP contribution in [0.2, 0.25) is 0 Å². The summed E-state index contributed by atoms with van der Waals surface area (Å²) in [6, 6.07) is 9.50. The number of nitrogens with one attached hydrogen (secondary N) is 1. The van der Waals surface area contributed by atoms with Gasteiger partial charge in [0, 0.05) is 30.5 Å². The number of carbonyl (C=O) groups excluding carboxylic acids is 2. The highest BCUT2D eigenvalue weighted by Crippen LogP contribution is 2.19. The topological polar surface area (TPSA) is 67.9 Å². The first-order valence-corrected chi connectivity index (χ1v) is 9.70. The SMILES string of the molecule is C[C@@H](OC(=O)/C=C/c1ccsc1)C(=O)Nc1ccc(N2CCOCC2)cc1. The van der Waals surface area contributed by atoms with Gasteiger partial charge >= 0.3 is 5.97 Å². The fourth-order valence-electron chi connectivity index (χ4n) is 2.62. The highest BCUT2D eigenvalue weighted by molar-refractivity contribution is 7.08. The van der Waals surface area contributed by atoms with E-state index in [2.05, 4.69) is 10.2 Å². The lowest BCUT2D eigenvalue weighted by atomic mass is 10.2. The lowest BCUT2D eigenvalue weighted by Gasteiger charge is -2.28. The monoisotopic (exact) mass is 386 g/mol. The Morgan fingerprint density at radius 3 is 2.63 bits per heavy atom. The van der Waals surface area contributed by atoms with Gasteiger partial charge in [-0.05, 0) is 59.7 Å². The molecule has 0 aliphatic carbocycles. The molecule has 1 saturated heterocycles. The van der Waals surface area contributed by atoms with Crippen LogP contribution < -0.4 is 10.2 Å². The van der Waals surface area contributed by atoms with E-state index < -0.39 is 12.1 Å². The van der Waals surface area contributed by atoms with E-state index >= 15 is 0 Å². The van der Waals surface area contributed by atoms with Gasteiger partial charge in [0.2, 0.25) is 0 Å². The molecule has 27 heavy (non-hydrogen) atoms. The summed E-state index contributed by atoms with van der Waals surface area (Å²) < 4.78 is 10.5. The van der Waals surface area contributed by atoms with Gasteiger partial charge in [0.1, 0.15) is 0 Å². The number of hydrogen-bond acceptors (Lipinski definition) is 6. The highest BCUT2D eigenvalue weighted by Gasteiger charge is 2.17. The maximum atomic E-state index is 12.2. The summed E-state index contributed by atoms with van der Waals surface area (Å²) in [5.41, 5.74) is 2.68. The molecule has 1 aliphatic rings. The molecule has 2 aromatic rings. The number of amides is 1. The Labute approximate surface area is 162 Å². The van der Waals surface area contributed by atoms with E-state index in [0.717, 1.165) is 37.6 Å². The molecule has 6 nitrogen and oxygen atoms in total. The molecule has 0 unspecified atom stereocenters. The third kappa shape index (κ3) is 5.67. The Kier molecular flexibility index (Phi) is 6.62. The van der Waals surface area contributed by atoms with Crippen LogP contribution in [0.4, 0.5) is 11.4 Å². The molecule has 0 spiro atoms. The molecule has 7 heteroatoms. The molecular formula is C20H22N2O4S. The first kappa shape index (κ1) is 19.1. The van der Waals surface area contributed by atoms with Crippen molar-refractivity contribution < 1.29 is 19.1 Å². The van der Waals surface area contributed by atoms with Crippen LogP contribution in [0.5, 0.6) is 0 Å². The molecule has 3 rings (SSSR count). The van der Waals surface area contributed by atoms with Gasteiger partial charge in [-0.2, -0.15) is 11.3 Å². The van der Waals surface area contributed by atoms with Crippen molar-refractivity contribution in [2.45, 2.75) is 13.0 Å². The molecule has 1 N–H and O–H groups in total. The third-order valence-corrected chi connectivity index (χ3v) is 4.83. The Morgan fingerprint density at radius 2 is 1.96 bits per heavy atom. The number of benzene rings is 1. The van der Waals surface area contributed by atoms with E-state index in [0.29, 0.717) is 5.69 Å². The van der Waals surface area contributed by atoms with Gasteiger partial charge in [0.25, 0.3) is 5.91 Å². The summed E-state index contributed by atoms with van der Waals surface area (Å²) in [6.45, 7) is 4.72. The van der Waals surface area contributed by atoms with E-state index in [9.17, 15) is 9.59 Å². The Bertz CT molecular complexity index is 781. The van der Waals surface area contributed by atoms with Crippen molar-refractivity contribution in [2.24, 2.45) is 0 Å². The van der Waals surface area contributed by atoms with Crippen LogP contribution in [0, 0.1) is 0 Å². The van der Waals surface area contributed by atoms with E-state index in [-0.39, 0.29) is 5.91 Å². The first-order chi connectivity index (χ1) is 13.1. The lowest BCUT2D eigenvalue weighted by molar-refractivity contribution is -0.148. The minimum Gasteiger partial charge on any atom is -0.449 e. The molecule has 2 heterocycles. The molecule has 0 bridgehead atoms. The van der Waals surface area contributed by atoms with Gasteiger partial charge in [-0.3, -0.25) is 4.79 Å². The maximum absolute atomic E-state index is 12.2. The number of nitrogens with zero attached hydrogens (tertiary/aromatic N) is 1. The summed E-state index contributed by atoms with van der Waals surface area (Å²) in [7, 11) is 0. The number of carbonyl (C=O) groups is 2. The van der Waals surface area contributed by atoms with Gasteiger partial charge in [-0.25, -0.2) is 4.79 Å². The molecule has 1 atom stereocenters. The van der Waals surface area contributed by atoms with Crippen molar-refractivity contribution in [1.29, 1.82) is 0 Å². The molecule has 1 fully saturated rings. The number of hydrogen-bond donors (Lipinski definition) is 1. The van der Waals surface area contributed by atoms with Gasteiger partial charge in [0.15, 0.2) is 6.10 Å². The third-order valence-electron chi connectivity index (χ3n) is 4.13. The van der Waals surface area contributed by atoms with Crippen LogP contribution in [-0.4, -0.2) is 44.3 Å². The average molecular weight is 386 g/mol. The standard InChI is InChI=1S/C20H22N2O4S/c1-15(26-19(23)7-2-16-8-13-27-14-16)20(24)21-17-3-5-18(6-4-17)22-9-11-25-12-10-22/h2-8,13-15H,9-12H2,1H3,(H,21,24)/b7-2+/t15-/m1/s1. The van der Waals surface area contributed by atoms with Crippen molar-refractivity contribution in [2.75, 3.05) is 36.5 Å². The zero-order valence-corrected chi connectivity index (χ0v) is 15.9. The Morgan fingerprint density at radius 1 is 1.22 bits per heavy atom. The van der Waals surface area contributed by atoms with Crippen LogP contribution in [0.15, 0.2) is 47.2 Å². The van der Waals surface area contributed by atoms with Gasteiger partial charge in [0.05, 0.1) is 13.2 Å². The van der Waals surface area contributed by atoms with Gasteiger partial charge in [-0.15, -0.1) is 0 Å². The fraction of sp³-hybridized carbons (Fsp3) is 0.300. The van der Waals surface area contributed by atoms with Crippen LogP contribution in [-0.2, 0) is 19.1 Å². The largest absolute Gasteiger partial charge is 0.449 e. The second-order valence-corrected chi connectivity index (χ2v) is 6.88. The molecular weight excluding hydrogens is 364 g/mol. The maximum Gasteiger partial charge on any atom is 0.331 e. The van der Waals surface area contributed by atoms with E-state index in [1.807, 2.05) is 41.1 Å². The minimum absolute atomic E-state index is 0.369. The molecule has 142 valence electrons. The number of anilines is 2. The lowest BCUT2D eigenvalue weighted by Crippen LogP contribution is -2.36. The van der Waals surface area contributed by atoms with Crippen LogP contribution in [0.25, 0.3) is 6.08 Å². The number of esters is 1. The van der Waals surface area contributed by atoms with Crippen molar-refractivity contribution >= 4 is 40.7 Å². The second kappa shape index (κ2) is 9.34. The Balaban J connectivity index is 1.49. The summed E-state index contributed by atoms with van der Waals surface area (Å²) >= 11 is 1.54. The molecule has 1 aliphatic heterocycles. The summed E-state index contributed by atoms with van der Waals surface area (Å²) in [4.78, 5) is 26.3. The highest BCUT2D eigenvalue weighted by atomic mass is 32.1. The quantitative estimate of drug-likeness (QED) is 0.610. The Hall–Kier alpha value is -2.64. The summed E-state index contributed by atoms with van der Waals surface area (Å²) in [5.74, 6) is -0.919. The predicted molar refractivity (Wildman–Crippen MR) is 107 cm³/mol. The normalized spacial score (nSPS) is 15.5. The predicted octanol–water partition coefficient (Wildman–Crippen LogP) is 3.17. The van der Waals surface area contributed by atoms with E-state index in [1.54, 1.807) is 24.3 Å². The zero-order valence-electron chi connectivity index (χ0n) is 15.1. The van der Waals surface area contributed by atoms with Gasteiger partial charge in [-0.1, -0.05) is 0 Å². The fourth-order valence-corrected chi connectivity index (χ4v) is 3.25. The van der Waals surface area contributed by atoms with Crippen molar-refractivity contribution in [1.82, 2.24) is 0 Å². The second-order valence-electron chi connectivity index (χ2n) is 6.10. The van der Waals surface area contributed by atoms with E-state index in [1.165, 1.54) is 6.08 Å². The van der Waals surface area contributed by atoms with Crippen LogP contribution >= 0.6 is 11.3 Å². The minimum atomic E-state index is -0.886. The molecule has 0 saturated carbocycles. The van der Waals surface area contributed by atoms with Crippen molar-refractivity contribution in [3.63, 3.8) is 0 Å². The van der Waals surface area contributed by atoms with Crippen molar-refractivity contribution in [3.05, 3.63) is 52.7 Å². The average Bonchev–Trinajstić information content (AvgIpc) is 3.21. The van der Waals surface area contributed by atoms with Crippen LogP contribution in [0.3, 0.4) is 0 Å². The summed E-state index contributed by atoms with van der Waals surface area (Å²) in [6.07, 6.45) is 2.10.